The van der Waals surface area contributed by atoms with Crippen molar-refractivity contribution in [2.45, 2.75) is 212 Å². The molecule has 5 nitrogen and oxygen atoms in total. The van der Waals surface area contributed by atoms with E-state index >= 15 is 0 Å². The molecule has 1 unspecified atom stereocenters. The van der Waals surface area contributed by atoms with Gasteiger partial charge in [-0.1, -0.05) is 154 Å². The Morgan fingerprint density at radius 3 is 1.18 bits per heavy atom. The smallest absolute Gasteiger partial charge is 0.336 e. The lowest BCUT2D eigenvalue weighted by Gasteiger charge is -2.28. The zero-order valence-corrected chi connectivity index (χ0v) is 29.8. The molecule has 0 fully saturated rings. The van der Waals surface area contributed by atoms with Gasteiger partial charge in [-0.2, -0.15) is 0 Å². The van der Waals surface area contributed by atoms with Crippen LogP contribution in [0.1, 0.15) is 206 Å². The van der Waals surface area contributed by atoms with Crippen molar-refractivity contribution in [3.63, 3.8) is 0 Å². The Morgan fingerprint density at radius 2 is 0.822 bits per heavy atom. The van der Waals surface area contributed by atoms with Gasteiger partial charge in [-0.15, -0.1) is 0 Å². The van der Waals surface area contributed by atoms with Crippen molar-refractivity contribution in [1.29, 1.82) is 0 Å². The number of carbonyl (C=O) groups is 2. The molecule has 0 aliphatic heterocycles. The fourth-order valence-electron chi connectivity index (χ4n) is 5.98. The van der Waals surface area contributed by atoms with Crippen LogP contribution in [0.15, 0.2) is 24.3 Å². The second kappa shape index (κ2) is 33.7. The topological polar surface area (TPSA) is 83.8 Å². The molecule has 0 saturated heterocycles. The van der Waals surface area contributed by atoms with Crippen molar-refractivity contribution in [2.75, 3.05) is 6.61 Å². The van der Waals surface area contributed by atoms with Gasteiger partial charge in [-0.3, -0.25) is 4.79 Å². The fourth-order valence-corrected chi connectivity index (χ4v) is 5.98. The van der Waals surface area contributed by atoms with Gasteiger partial charge in [0.1, 0.15) is 0 Å². The van der Waals surface area contributed by atoms with Crippen molar-refractivity contribution in [2.24, 2.45) is 0 Å². The summed E-state index contributed by atoms with van der Waals surface area (Å²) in [6, 6.07) is 0. The Balaban J connectivity index is 3.95. The highest BCUT2D eigenvalue weighted by Crippen LogP contribution is 2.26. The normalized spacial score (nSPS) is 13.2. The molecule has 0 aliphatic rings. The van der Waals surface area contributed by atoms with Crippen LogP contribution < -0.4 is 0 Å². The number of unbranched alkanes of at least 4 members (excludes halogenated alkanes) is 24. The molecule has 2 N–H and O–H groups in total. The highest BCUT2D eigenvalue weighted by Gasteiger charge is 2.41. The summed E-state index contributed by atoms with van der Waals surface area (Å²) >= 11 is 0. The van der Waals surface area contributed by atoms with Crippen molar-refractivity contribution in [3.8, 4) is 0 Å². The van der Waals surface area contributed by atoms with Crippen LogP contribution in [0.25, 0.3) is 0 Å². The summed E-state index contributed by atoms with van der Waals surface area (Å²) in [6.07, 6.45) is 42.7. The maximum absolute atomic E-state index is 12.2. The van der Waals surface area contributed by atoms with Crippen molar-refractivity contribution in [3.05, 3.63) is 24.3 Å². The lowest BCUT2D eigenvalue weighted by Crippen LogP contribution is -2.44. The first-order valence-electron chi connectivity index (χ1n) is 19.4. The van der Waals surface area contributed by atoms with Gasteiger partial charge < -0.3 is 14.9 Å². The van der Waals surface area contributed by atoms with Crippen molar-refractivity contribution >= 4 is 11.9 Å². The molecule has 45 heavy (non-hydrogen) atoms. The third kappa shape index (κ3) is 29.5. The van der Waals surface area contributed by atoms with Crippen LogP contribution in [0.2, 0.25) is 0 Å². The first-order valence-corrected chi connectivity index (χ1v) is 19.4. The minimum atomic E-state index is -1.60. The zero-order chi connectivity index (χ0) is 33.1. The van der Waals surface area contributed by atoms with Gasteiger partial charge in [0.2, 0.25) is 0 Å². The summed E-state index contributed by atoms with van der Waals surface area (Å²) in [5.41, 5.74) is -1.60. The van der Waals surface area contributed by atoms with Gasteiger partial charge in [0.15, 0.2) is 5.60 Å². The minimum Gasteiger partial charge on any atom is -0.481 e. The number of rotatable bonds is 36. The number of aliphatic carboxylic acids is 2. The summed E-state index contributed by atoms with van der Waals surface area (Å²) < 4.78 is 5.85. The van der Waals surface area contributed by atoms with Gasteiger partial charge in [-0.05, 0) is 70.6 Å². The zero-order valence-electron chi connectivity index (χ0n) is 29.8. The molecule has 0 radical (unpaired) electrons. The molecule has 0 bridgehead atoms. The van der Waals surface area contributed by atoms with E-state index < -0.39 is 24.0 Å². The van der Waals surface area contributed by atoms with Crippen LogP contribution in [0, 0.1) is 0 Å². The first-order chi connectivity index (χ1) is 22.0. The van der Waals surface area contributed by atoms with Crippen LogP contribution in [0.3, 0.4) is 0 Å². The second-order valence-corrected chi connectivity index (χ2v) is 13.3. The van der Waals surface area contributed by atoms with Gasteiger partial charge in [-0.25, -0.2) is 4.79 Å². The number of ether oxygens (including phenoxy) is 1. The van der Waals surface area contributed by atoms with Gasteiger partial charge in [0.25, 0.3) is 0 Å². The van der Waals surface area contributed by atoms with Gasteiger partial charge in [0, 0.05) is 6.61 Å². The monoisotopic (exact) mass is 635 g/mol. The Hall–Kier alpha value is -1.62. The Bertz CT molecular complexity index is 715. The van der Waals surface area contributed by atoms with E-state index in [2.05, 4.69) is 38.2 Å². The lowest BCUT2D eigenvalue weighted by atomic mass is 9.91. The largest absolute Gasteiger partial charge is 0.481 e. The second-order valence-electron chi connectivity index (χ2n) is 13.3. The SMILES string of the molecule is CCCCCCCCC=CCCCCCCCCOC(CCCCCCCCC=CCCCCCCCC)(CC(=O)O)C(=O)O. The highest BCUT2D eigenvalue weighted by atomic mass is 16.5. The molecular formula is C40H74O5. The van der Waals surface area contributed by atoms with Gasteiger partial charge in [0.05, 0.1) is 6.42 Å². The van der Waals surface area contributed by atoms with Crippen LogP contribution in [0.5, 0.6) is 0 Å². The maximum atomic E-state index is 12.2. The number of hydrogen-bond acceptors (Lipinski definition) is 3. The van der Waals surface area contributed by atoms with E-state index in [-0.39, 0.29) is 6.42 Å². The third-order valence-corrected chi connectivity index (χ3v) is 8.95. The van der Waals surface area contributed by atoms with Crippen LogP contribution in [-0.4, -0.2) is 34.4 Å². The number of allylic oxidation sites excluding steroid dienone is 4. The van der Waals surface area contributed by atoms with E-state index in [9.17, 15) is 19.8 Å². The Morgan fingerprint density at radius 1 is 0.489 bits per heavy atom. The van der Waals surface area contributed by atoms with E-state index in [1.807, 2.05) is 0 Å². The Labute approximate surface area is 279 Å². The van der Waals surface area contributed by atoms with E-state index in [0.717, 1.165) is 51.4 Å². The quantitative estimate of drug-likeness (QED) is 0.0529. The maximum Gasteiger partial charge on any atom is 0.336 e. The highest BCUT2D eigenvalue weighted by molar-refractivity contribution is 5.83. The number of carboxylic acid groups (broad SMARTS) is 2. The predicted molar refractivity (Wildman–Crippen MR) is 192 cm³/mol. The van der Waals surface area contributed by atoms with Crippen LogP contribution >= 0.6 is 0 Å². The van der Waals surface area contributed by atoms with E-state index in [0.29, 0.717) is 13.0 Å². The summed E-state index contributed by atoms with van der Waals surface area (Å²) in [6.45, 7) is 4.83. The average Bonchev–Trinajstić information content (AvgIpc) is 3.01. The molecule has 0 aromatic heterocycles. The first kappa shape index (κ1) is 43.4. The standard InChI is InChI=1S/C40H74O5/c1-3-5-7-9-11-13-15-17-19-21-23-25-27-29-31-33-35-40(39(43)44,37-38(41)42)45-36-34-32-30-28-26-24-22-20-18-16-14-12-10-8-6-4-2/h17-20H,3-16,21-37H2,1-2H3,(H,41,42)(H,43,44). The number of carboxylic acids is 2. The summed E-state index contributed by atoms with van der Waals surface area (Å²) in [5.74, 6) is -2.25. The molecule has 0 aromatic rings. The third-order valence-electron chi connectivity index (χ3n) is 8.95. The molecule has 0 rings (SSSR count). The fraction of sp³-hybridized carbons (Fsp3) is 0.850. The molecule has 0 aliphatic carbocycles. The van der Waals surface area contributed by atoms with E-state index in [4.69, 9.17) is 4.74 Å². The molecule has 0 amide bonds. The predicted octanol–water partition coefficient (Wildman–Crippen LogP) is 12.8. The number of hydrogen-bond donors (Lipinski definition) is 2. The van der Waals surface area contributed by atoms with Crippen LogP contribution in [0.4, 0.5) is 0 Å². The molecule has 0 saturated carbocycles. The molecule has 264 valence electrons. The van der Waals surface area contributed by atoms with Crippen LogP contribution in [-0.2, 0) is 14.3 Å². The molecule has 0 spiro atoms. The molecular weight excluding hydrogens is 560 g/mol. The lowest BCUT2D eigenvalue weighted by molar-refractivity contribution is -0.174. The van der Waals surface area contributed by atoms with E-state index in [1.54, 1.807) is 0 Å². The van der Waals surface area contributed by atoms with E-state index in [1.165, 1.54) is 122 Å². The molecule has 0 aromatic carbocycles. The Kier molecular flexibility index (Phi) is 32.5. The van der Waals surface area contributed by atoms with Gasteiger partial charge >= 0.3 is 11.9 Å². The summed E-state index contributed by atoms with van der Waals surface area (Å²) in [7, 11) is 0. The molecule has 5 heteroatoms. The molecule has 0 heterocycles. The summed E-state index contributed by atoms with van der Waals surface area (Å²) in [4.78, 5) is 23.7. The van der Waals surface area contributed by atoms with Crippen molar-refractivity contribution in [1.82, 2.24) is 0 Å². The summed E-state index contributed by atoms with van der Waals surface area (Å²) in [5, 5.41) is 19.4. The van der Waals surface area contributed by atoms with Crippen molar-refractivity contribution < 1.29 is 24.5 Å². The minimum absolute atomic E-state index is 0.266. The average molecular weight is 635 g/mol. The molecule has 1 atom stereocenters.